The highest BCUT2D eigenvalue weighted by atomic mass is 16.2. The maximum Gasteiger partial charge on any atom is 0.228 e. The van der Waals surface area contributed by atoms with E-state index in [4.69, 9.17) is 0 Å². The van der Waals surface area contributed by atoms with Gasteiger partial charge in [-0.1, -0.05) is 18.2 Å². The topological polar surface area (TPSA) is 43.9 Å². The summed E-state index contributed by atoms with van der Waals surface area (Å²) < 4.78 is 0. The van der Waals surface area contributed by atoms with Crippen molar-refractivity contribution in [2.24, 2.45) is 5.92 Å². The first kappa shape index (κ1) is 14.9. The fourth-order valence-corrected chi connectivity index (χ4v) is 3.51. The SMILES string of the molecule is C[C@@H]1CN(C)c2ccccc2CN1C(=O)[C@@H]1CC(=O)N(C)C1. The molecule has 5 heteroatoms. The Kier molecular flexibility index (Phi) is 3.81. The van der Waals surface area contributed by atoms with Gasteiger partial charge in [-0.2, -0.15) is 0 Å². The fourth-order valence-electron chi connectivity index (χ4n) is 3.51. The zero-order chi connectivity index (χ0) is 15.9. The predicted molar refractivity (Wildman–Crippen MR) is 85.5 cm³/mol. The molecule has 1 saturated heterocycles. The second-order valence-electron chi connectivity index (χ2n) is 6.50. The Morgan fingerprint density at radius 3 is 2.55 bits per heavy atom. The number of para-hydroxylation sites is 1. The lowest BCUT2D eigenvalue weighted by Crippen LogP contribution is -2.45. The van der Waals surface area contributed by atoms with Gasteiger partial charge in [0.1, 0.15) is 0 Å². The van der Waals surface area contributed by atoms with Gasteiger partial charge in [-0.15, -0.1) is 0 Å². The van der Waals surface area contributed by atoms with Crippen LogP contribution in [0.25, 0.3) is 0 Å². The van der Waals surface area contributed by atoms with E-state index < -0.39 is 0 Å². The second-order valence-corrected chi connectivity index (χ2v) is 6.50. The quantitative estimate of drug-likeness (QED) is 0.786. The number of nitrogens with zero attached hydrogens (tertiary/aromatic N) is 3. The van der Waals surface area contributed by atoms with Gasteiger partial charge >= 0.3 is 0 Å². The minimum atomic E-state index is -0.199. The van der Waals surface area contributed by atoms with Crippen LogP contribution in [0.4, 0.5) is 5.69 Å². The van der Waals surface area contributed by atoms with Crippen molar-refractivity contribution < 1.29 is 9.59 Å². The van der Waals surface area contributed by atoms with Crippen LogP contribution in [0.5, 0.6) is 0 Å². The van der Waals surface area contributed by atoms with E-state index in [9.17, 15) is 9.59 Å². The first-order chi connectivity index (χ1) is 10.5. The molecule has 2 aliphatic rings. The van der Waals surface area contributed by atoms with Crippen LogP contribution in [0, 0.1) is 5.92 Å². The van der Waals surface area contributed by atoms with E-state index in [1.807, 2.05) is 17.0 Å². The fraction of sp³-hybridized carbons (Fsp3) is 0.529. The van der Waals surface area contributed by atoms with Gasteiger partial charge < -0.3 is 14.7 Å². The summed E-state index contributed by atoms with van der Waals surface area (Å²) in [5.74, 6) is -0.0239. The molecule has 1 aromatic carbocycles. The number of likely N-dealkylation sites (N-methyl/N-ethyl adjacent to an activating group) is 1. The van der Waals surface area contributed by atoms with Gasteiger partial charge in [0.25, 0.3) is 0 Å². The summed E-state index contributed by atoms with van der Waals surface area (Å²) >= 11 is 0. The monoisotopic (exact) mass is 301 g/mol. The normalized spacial score (nSPS) is 25.2. The third-order valence-corrected chi connectivity index (χ3v) is 4.79. The number of hydrogen-bond acceptors (Lipinski definition) is 3. The van der Waals surface area contributed by atoms with Crippen LogP contribution < -0.4 is 4.90 Å². The molecule has 22 heavy (non-hydrogen) atoms. The minimum Gasteiger partial charge on any atom is -0.372 e. The molecule has 5 nitrogen and oxygen atoms in total. The minimum absolute atomic E-state index is 0.0679. The number of carbonyl (C=O) groups excluding carboxylic acids is 2. The zero-order valence-electron chi connectivity index (χ0n) is 13.5. The van der Waals surface area contributed by atoms with Crippen molar-refractivity contribution in [1.29, 1.82) is 0 Å². The summed E-state index contributed by atoms with van der Waals surface area (Å²) in [7, 11) is 3.83. The van der Waals surface area contributed by atoms with Crippen molar-refractivity contribution >= 4 is 17.5 Å². The Morgan fingerprint density at radius 1 is 1.14 bits per heavy atom. The number of anilines is 1. The summed E-state index contributed by atoms with van der Waals surface area (Å²) in [6.45, 7) is 4.05. The molecule has 0 spiro atoms. The van der Waals surface area contributed by atoms with E-state index in [1.165, 1.54) is 11.3 Å². The Morgan fingerprint density at radius 2 is 1.86 bits per heavy atom. The lowest BCUT2D eigenvalue weighted by Gasteiger charge is -2.30. The maximum atomic E-state index is 12.9. The standard InChI is InChI=1S/C17H23N3O2/c1-12-9-18(2)15-7-5-4-6-13(15)11-20(12)17(22)14-8-16(21)19(3)10-14/h4-7,12,14H,8-11H2,1-3H3/t12-,14-/m1/s1. The molecule has 0 N–H and O–H groups in total. The first-order valence-corrected chi connectivity index (χ1v) is 7.81. The van der Waals surface area contributed by atoms with Crippen LogP contribution in [0.2, 0.25) is 0 Å². The average molecular weight is 301 g/mol. The number of hydrogen-bond donors (Lipinski definition) is 0. The van der Waals surface area contributed by atoms with Crippen molar-refractivity contribution in [3.8, 4) is 0 Å². The summed E-state index contributed by atoms with van der Waals surface area (Å²) in [5.41, 5.74) is 2.35. The molecule has 2 atom stereocenters. The van der Waals surface area contributed by atoms with E-state index in [2.05, 4.69) is 31.0 Å². The number of likely N-dealkylation sites (tertiary alicyclic amines) is 1. The van der Waals surface area contributed by atoms with Crippen molar-refractivity contribution in [1.82, 2.24) is 9.80 Å². The van der Waals surface area contributed by atoms with Crippen LogP contribution >= 0.6 is 0 Å². The lowest BCUT2D eigenvalue weighted by atomic mass is 10.1. The Balaban J connectivity index is 1.84. The molecular formula is C17H23N3O2. The smallest absolute Gasteiger partial charge is 0.228 e. The molecule has 1 fully saturated rings. The van der Waals surface area contributed by atoms with E-state index in [0.29, 0.717) is 19.5 Å². The van der Waals surface area contributed by atoms with Gasteiger partial charge in [0.05, 0.1) is 5.92 Å². The number of benzene rings is 1. The van der Waals surface area contributed by atoms with Crippen LogP contribution in [-0.2, 0) is 16.1 Å². The van der Waals surface area contributed by atoms with Gasteiger partial charge in [0.2, 0.25) is 11.8 Å². The van der Waals surface area contributed by atoms with Crippen LogP contribution in [0.1, 0.15) is 18.9 Å². The Bertz CT molecular complexity index is 601. The first-order valence-electron chi connectivity index (χ1n) is 7.81. The van der Waals surface area contributed by atoms with Crippen LogP contribution in [0.3, 0.4) is 0 Å². The number of fused-ring (bicyclic) bond motifs is 1. The summed E-state index contributed by atoms with van der Waals surface area (Å²) in [6.07, 6.45) is 0.343. The molecule has 0 bridgehead atoms. The van der Waals surface area contributed by atoms with Crippen molar-refractivity contribution in [2.45, 2.75) is 25.9 Å². The van der Waals surface area contributed by atoms with E-state index in [0.717, 1.165) is 6.54 Å². The lowest BCUT2D eigenvalue weighted by molar-refractivity contribution is -0.138. The summed E-state index contributed by atoms with van der Waals surface area (Å²) in [4.78, 5) is 30.4. The molecule has 0 saturated carbocycles. The molecule has 2 amide bonds. The van der Waals surface area contributed by atoms with Gasteiger partial charge in [-0.25, -0.2) is 0 Å². The highest BCUT2D eigenvalue weighted by molar-refractivity contribution is 5.89. The molecule has 2 heterocycles. The molecule has 1 aromatic rings. The summed E-state index contributed by atoms with van der Waals surface area (Å²) in [5, 5.41) is 0. The van der Waals surface area contributed by atoms with E-state index >= 15 is 0 Å². The van der Waals surface area contributed by atoms with Gasteiger partial charge in [0, 0.05) is 51.9 Å². The third-order valence-electron chi connectivity index (χ3n) is 4.79. The van der Waals surface area contributed by atoms with Crippen molar-refractivity contribution in [3.63, 3.8) is 0 Å². The summed E-state index contributed by atoms with van der Waals surface area (Å²) in [6, 6.07) is 8.35. The van der Waals surface area contributed by atoms with E-state index in [1.54, 1.807) is 11.9 Å². The Hall–Kier alpha value is -2.04. The molecule has 2 aliphatic heterocycles. The third kappa shape index (κ3) is 2.56. The number of carbonyl (C=O) groups is 2. The average Bonchev–Trinajstić information content (AvgIpc) is 2.77. The zero-order valence-corrected chi connectivity index (χ0v) is 13.5. The van der Waals surface area contributed by atoms with Crippen LogP contribution in [-0.4, -0.2) is 54.8 Å². The molecule has 3 rings (SSSR count). The largest absolute Gasteiger partial charge is 0.372 e. The van der Waals surface area contributed by atoms with E-state index in [-0.39, 0.29) is 23.8 Å². The second kappa shape index (κ2) is 5.63. The van der Waals surface area contributed by atoms with Crippen molar-refractivity contribution in [2.75, 3.05) is 32.1 Å². The molecular weight excluding hydrogens is 278 g/mol. The van der Waals surface area contributed by atoms with Gasteiger partial charge in [-0.3, -0.25) is 9.59 Å². The number of amides is 2. The maximum absolute atomic E-state index is 12.9. The highest BCUT2D eigenvalue weighted by Gasteiger charge is 2.37. The molecule has 0 aromatic heterocycles. The molecule has 0 radical (unpaired) electrons. The predicted octanol–water partition coefficient (Wildman–Crippen LogP) is 1.33. The van der Waals surface area contributed by atoms with Crippen LogP contribution in [0.15, 0.2) is 24.3 Å². The molecule has 118 valence electrons. The van der Waals surface area contributed by atoms with Gasteiger partial charge in [-0.05, 0) is 18.6 Å². The molecule has 0 aliphatic carbocycles. The highest BCUT2D eigenvalue weighted by Crippen LogP contribution is 2.28. The van der Waals surface area contributed by atoms with Crippen molar-refractivity contribution in [3.05, 3.63) is 29.8 Å². The molecule has 0 unspecified atom stereocenters. The van der Waals surface area contributed by atoms with Gasteiger partial charge in [0.15, 0.2) is 0 Å². The number of rotatable bonds is 1. The Labute approximate surface area is 131 Å².